The highest BCUT2D eigenvalue weighted by molar-refractivity contribution is 7.18. The van der Waals surface area contributed by atoms with Gasteiger partial charge in [-0.1, -0.05) is 42.5 Å². The van der Waals surface area contributed by atoms with Crippen molar-refractivity contribution in [3.63, 3.8) is 0 Å². The molecule has 5 nitrogen and oxygen atoms in total. The fourth-order valence-electron chi connectivity index (χ4n) is 4.19. The number of rotatable bonds is 4. The summed E-state index contributed by atoms with van der Waals surface area (Å²) in [5, 5.41) is 0.969. The van der Waals surface area contributed by atoms with E-state index in [-0.39, 0.29) is 11.8 Å². The normalized spacial score (nSPS) is 16.9. The van der Waals surface area contributed by atoms with E-state index in [2.05, 4.69) is 6.07 Å². The lowest BCUT2D eigenvalue weighted by Gasteiger charge is -2.34. The molecule has 3 aromatic rings. The molecule has 2 amide bonds. The van der Waals surface area contributed by atoms with E-state index >= 15 is 0 Å². The van der Waals surface area contributed by atoms with Crippen LogP contribution in [0.1, 0.15) is 30.8 Å². The first-order chi connectivity index (χ1) is 14.5. The van der Waals surface area contributed by atoms with Crippen molar-refractivity contribution in [3.8, 4) is 0 Å². The van der Waals surface area contributed by atoms with Crippen molar-refractivity contribution in [2.24, 2.45) is 0 Å². The predicted octanol–water partition coefficient (Wildman–Crippen LogP) is 3.88. The molecule has 1 unspecified atom stereocenters. The van der Waals surface area contributed by atoms with Crippen LogP contribution in [0.5, 0.6) is 0 Å². The van der Waals surface area contributed by atoms with Crippen LogP contribution in [0, 0.1) is 0 Å². The summed E-state index contributed by atoms with van der Waals surface area (Å²) in [6.45, 7) is 6.17. The largest absolute Gasteiger partial charge is 0.341 e. The molecular weight excluding hydrogens is 394 g/mol. The van der Waals surface area contributed by atoms with E-state index < -0.39 is 5.41 Å². The summed E-state index contributed by atoms with van der Waals surface area (Å²) in [4.78, 5) is 34.2. The summed E-state index contributed by atoms with van der Waals surface area (Å²) in [6, 6.07) is 18.1. The van der Waals surface area contributed by atoms with E-state index in [0.717, 1.165) is 27.2 Å². The van der Waals surface area contributed by atoms with Crippen LogP contribution in [0.4, 0.5) is 0 Å². The van der Waals surface area contributed by atoms with Crippen molar-refractivity contribution in [2.75, 3.05) is 26.2 Å². The van der Waals surface area contributed by atoms with Gasteiger partial charge in [0.1, 0.15) is 0 Å². The van der Waals surface area contributed by atoms with Crippen LogP contribution in [0.15, 0.2) is 54.6 Å². The Labute approximate surface area is 181 Å². The molecule has 0 radical (unpaired) electrons. The lowest BCUT2D eigenvalue weighted by molar-refractivity contribution is -0.137. The molecule has 0 N–H and O–H groups in total. The Kier molecular flexibility index (Phi) is 5.86. The van der Waals surface area contributed by atoms with Gasteiger partial charge in [0, 0.05) is 39.5 Å². The van der Waals surface area contributed by atoms with Crippen LogP contribution >= 0.6 is 11.3 Å². The van der Waals surface area contributed by atoms with Gasteiger partial charge in [-0.25, -0.2) is 4.98 Å². The number of fused-ring (bicyclic) bond motifs is 1. The maximum Gasteiger partial charge on any atom is 0.233 e. The molecule has 0 saturated carbocycles. The molecule has 1 saturated heterocycles. The molecule has 4 rings (SSSR count). The first-order valence-electron chi connectivity index (χ1n) is 10.4. The average molecular weight is 422 g/mol. The zero-order valence-corrected chi connectivity index (χ0v) is 18.3. The second-order valence-corrected chi connectivity index (χ2v) is 9.22. The van der Waals surface area contributed by atoms with E-state index in [4.69, 9.17) is 4.98 Å². The second-order valence-electron chi connectivity index (χ2n) is 8.10. The van der Waals surface area contributed by atoms with Gasteiger partial charge in [0.2, 0.25) is 11.8 Å². The number of carbonyl (C=O) groups is 2. The molecular formula is C24H27N3O2S. The monoisotopic (exact) mass is 421 g/mol. The van der Waals surface area contributed by atoms with Gasteiger partial charge in [-0.05, 0) is 31.0 Å². The molecule has 156 valence electrons. The minimum absolute atomic E-state index is 0.0737. The van der Waals surface area contributed by atoms with Gasteiger partial charge < -0.3 is 9.80 Å². The third kappa shape index (κ3) is 4.10. The number of hydrogen-bond donors (Lipinski definition) is 0. The molecule has 0 bridgehead atoms. The Morgan fingerprint density at radius 2 is 1.63 bits per heavy atom. The van der Waals surface area contributed by atoms with Crippen LogP contribution in [0.2, 0.25) is 0 Å². The number of para-hydroxylation sites is 1. The second kappa shape index (κ2) is 8.56. The highest BCUT2D eigenvalue weighted by atomic mass is 32.1. The van der Waals surface area contributed by atoms with Crippen molar-refractivity contribution >= 4 is 33.4 Å². The van der Waals surface area contributed by atoms with Crippen LogP contribution in [0.3, 0.4) is 0 Å². The molecule has 0 spiro atoms. The molecule has 2 heterocycles. The molecule has 1 aliphatic rings. The Morgan fingerprint density at radius 3 is 2.37 bits per heavy atom. The third-order valence-electron chi connectivity index (χ3n) is 5.95. The SMILES string of the molecule is CC(=O)N1CCCN(C(=O)C(C)(Cc2nc3ccccc3s2)c2ccccc2)CC1. The molecule has 30 heavy (non-hydrogen) atoms. The maximum absolute atomic E-state index is 13.9. The first-order valence-corrected chi connectivity index (χ1v) is 11.2. The third-order valence-corrected chi connectivity index (χ3v) is 6.99. The molecule has 2 aromatic carbocycles. The van der Waals surface area contributed by atoms with Crippen LogP contribution < -0.4 is 0 Å². The number of thiazole rings is 1. The maximum atomic E-state index is 13.9. The average Bonchev–Trinajstić information content (AvgIpc) is 2.99. The number of amides is 2. The molecule has 1 fully saturated rings. The van der Waals surface area contributed by atoms with Gasteiger partial charge >= 0.3 is 0 Å². The Balaban J connectivity index is 1.65. The molecule has 1 aromatic heterocycles. The van der Waals surface area contributed by atoms with E-state index in [1.807, 2.05) is 65.3 Å². The lowest BCUT2D eigenvalue weighted by atomic mass is 9.78. The smallest absolute Gasteiger partial charge is 0.233 e. The Hall–Kier alpha value is -2.73. The number of carbonyl (C=O) groups excluding carboxylic acids is 2. The van der Waals surface area contributed by atoms with E-state index in [1.54, 1.807) is 18.3 Å². The minimum Gasteiger partial charge on any atom is -0.341 e. The zero-order chi connectivity index (χ0) is 21.1. The van der Waals surface area contributed by atoms with E-state index in [1.165, 1.54) is 0 Å². The fourth-order valence-corrected chi connectivity index (χ4v) is 5.31. The summed E-state index contributed by atoms with van der Waals surface area (Å²) in [7, 11) is 0. The quantitative estimate of drug-likeness (QED) is 0.642. The summed E-state index contributed by atoms with van der Waals surface area (Å²) in [6.07, 6.45) is 1.36. The van der Waals surface area contributed by atoms with Crippen molar-refractivity contribution < 1.29 is 9.59 Å². The number of aromatic nitrogens is 1. The van der Waals surface area contributed by atoms with Gasteiger partial charge in [-0.2, -0.15) is 0 Å². The molecule has 1 atom stereocenters. The van der Waals surface area contributed by atoms with Gasteiger partial charge in [-0.3, -0.25) is 9.59 Å². The predicted molar refractivity (Wildman–Crippen MR) is 121 cm³/mol. The Bertz CT molecular complexity index is 1020. The van der Waals surface area contributed by atoms with Crippen molar-refractivity contribution in [3.05, 3.63) is 65.2 Å². The standard InChI is InChI=1S/C24H27N3O2S/c1-18(28)26-13-8-14-27(16-15-26)23(29)24(2,19-9-4-3-5-10-19)17-22-25-20-11-6-7-12-21(20)30-22/h3-7,9-12H,8,13-17H2,1-2H3. The number of benzene rings is 2. The summed E-state index contributed by atoms with van der Waals surface area (Å²) in [5.74, 6) is 0.183. The molecule has 1 aliphatic heterocycles. The van der Waals surface area contributed by atoms with Crippen molar-refractivity contribution in [1.29, 1.82) is 0 Å². The van der Waals surface area contributed by atoms with E-state index in [0.29, 0.717) is 32.6 Å². The highest BCUT2D eigenvalue weighted by Crippen LogP contribution is 2.34. The number of hydrogen-bond acceptors (Lipinski definition) is 4. The first kappa shape index (κ1) is 20.5. The van der Waals surface area contributed by atoms with Gasteiger partial charge in [0.05, 0.1) is 20.6 Å². The lowest BCUT2D eigenvalue weighted by Crippen LogP contribution is -2.48. The fraction of sp³-hybridized carbons (Fsp3) is 0.375. The van der Waals surface area contributed by atoms with Gasteiger partial charge in [0.25, 0.3) is 0 Å². The highest BCUT2D eigenvalue weighted by Gasteiger charge is 2.40. The van der Waals surface area contributed by atoms with Crippen LogP contribution in [-0.2, 0) is 21.4 Å². The molecule has 0 aliphatic carbocycles. The van der Waals surface area contributed by atoms with Gasteiger partial charge in [0.15, 0.2) is 0 Å². The minimum atomic E-state index is -0.708. The summed E-state index contributed by atoms with van der Waals surface area (Å²) >= 11 is 1.66. The van der Waals surface area contributed by atoms with Crippen LogP contribution in [-0.4, -0.2) is 52.8 Å². The number of nitrogens with zero attached hydrogens (tertiary/aromatic N) is 3. The summed E-state index contributed by atoms with van der Waals surface area (Å²) < 4.78 is 1.14. The zero-order valence-electron chi connectivity index (χ0n) is 17.5. The molecule has 6 heteroatoms. The van der Waals surface area contributed by atoms with Crippen molar-refractivity contribution in [2.45, 2.75) is 32.1 Å². The van der Waals surface area contributed by atoms with Crippen LogP contribution in [0.25, 0.3) is 10.2 Å². The topological polar surface area (TPSA) is 53.5 Å². The summed E-state index contributed by atoms with van der Waals surface area (Å²) in [5.41, 5.74) is 1.27. The Morgan fingerprint density at radius 1 is 0.967 bits per heavy atom. The van der Waals surface area contributed by atoms with Gasteiger partial charge in [-0.15, -0.1) is 11.3 Å². The van der Waals surface area contributed by atoms with E-state index in [9.17, 15) is 9.59 Å². The van der Waals surface area contributed by atoms with Crippen molar-refractivity contribution in [1.82, 2.24) is 14.8 Å².